The summed E-state index contributed by atoms with van der Waals surface area (Å²) in [7, 11) is 5.88. The Labute approximate surface area is 125 Å². The van der Waals surface area contributed by atoms with Gasteiger partial charge in [-0.15, -0.1) is 5.10 Å². The molecule has 0 radical (unpaired) electrons. The topological polar surface area (TPSA) is 76.2 Å². The summed E-state index contributed by atoms with van der Waals surface area (Å²) in [6, 6.07) is 0. The molecule has 1 aliphatic carbocycles. The molecule has 2 unspecified atom stereocenters. The number of nitro groups is 1. The lowest BCUT2D eigenvalue weighted by molar-refractivity contribution is -0.384. The van der Waals surface area contributed by atoms with E-state index in [0.717, 1.165) is 12.8 Å². The molecular weight excluding hydrogens is 270 g/mol. The maximum Gasteiger partial charge on any atom is 0.330 e. The number of hydrogen-bond acceptors (Lipinski definition) is 5. The highest BCUT2D eigenvalue weighted by molar-refractivity contribution is 5.54. The zero-order valence-electron chi connectivity index (χ0n) is 13.3. The van der Waals surface area contributed by atoms with Gasteiger partial charge in [0, 0.05) is 19.1 Å². The van der Waals surface area contributed by atoms with Gasteiger partial charge in [0.05, 0.1) is 4.92 Å². The van der Waals surface area contributed by atoms with Gasteiger partial charge in [0.15, 0.2) is 0 Å². The van der Waals surface area contributed by atoms with E-state index in [2.05, 4.69) is 36.3 Å². The lowest BCUT2D eigenvalue weighted by atomic mass is 9.75. The summed E-state index contributed by atoms with van der Waals surface area (Å²) in [6.45, 7) is 2.96. The molecule has 21 heavy (non-hydrogen) atoms. The molecular formula is C14H25N5O2. The lowest BCUT2D eigenvalue weighted by Crippen LogP contribution is -2.52. The maximum absolute atomic E-state index is 11.1. The predicted octanol–water partition coefficient (Wildman–Crippen LogP) is 2.25. The van der Waals surface area contributed by atoms with E-state index in [1.165, 1.54) is 23.7 Å². The SMILES string of the molecule is CC1CCCC(CNc2nn(C)cc2[N+](=O)[O-])(N(C)C)C1. The fourth-order valence-corrected chi connectivity index (χ4v) is 3.34. The van der Waals surface area contributed by atoms with Crippen LogP contribution in [0.25, 0.3) is 0 Å². The van der Waals surface area contributed by atoms with Crippen molar-refractivity contribution in [3.8, 4) is 0 Å². The van der Waals surface area contributed by atoms with Crippen LogP contribution in [0.1, 0.15) is 32.6 Å². The van der Waals surface area contributed by atoms with E-state index in [1.807, 2.05) is 0 Å². The number of anilines is 1. The molecule has 7 heteroatoms. The van der Waals surface area contributed by atoms with Crippen molar-refractivity contribution in [2.75, 3.05) is 26.0 Å². The van der Waals surface area contributed by atoms with E-state index < -0.39 is 0 Å². The van der Waals surface area contributed by atoms with Crippen molar-refractivity contribution in [2.24, 2.45) is 13.0 Å². The highest BCUT2D eigenvalue weighted by Gasteiger charge is 2.37. The number of aromatic nitrogens is 2. The standard InChI is InChI=1S/C14H25N5O2/c1-11-6-5-7-14(8-11,17(2)3)10-15-13-12(19(20)21)9-18(4)16-13/h9,11H,5-8,10H2,1-4H3,(H,15,16). The van der Waals surface area contributed by atoms with Crippen molar-refractivity contribution in [1.82, 2.24) is 14.7 Å². The first-order valence-corrected chi connectivity index (χ1v) is 7.43. The molecule has 1 fully saturated rings. The summed E-state index contributed by atoms with van der Waals surface area (Å²) < 4.78 is 1.48. The van der Waals surface area contributed by atoms with E-state index in [-0.39, 0.29) is 16.1 Å². The van der Waals surface area contributed by atoms with Gasteiger partial charge in [-0.1, -0.05) is 19.8 Å². The minimum Gasteiger partial charge on any atom is -0.361 e. The second kappa shape index (κ2) is 6.01. The Morgan fingerprint density at radius 2 is 2.33 bits per heavy atom. The van der Waals surface area contributed by atoms with Crippen LogP contribution in [0.5, 0.6) is 0 Å². The maximum atomic E-state index is 11.1. The van der Waals surface area contributed by atoms with Gasteiger partial charge < -0.3 is 10.2 Å². The summed E-state index contributed by atoms with van der Waals surface area (Å²) in [4.78, 5) is 12.9. The number of hydrogen-bond donors (Lipinski definition) is 1. The van der Waals surface area contributed by atoms with Crippen molar-refractivity contribution in [1.29, 1.82) is 0 Å². The molecule has 0 aromatic carbocycles. The van der Waals surface area contributed by atoms with Crippen LogP contribution in [0, 0.1) is 16.0 Å². The second-order valence-corrected chi connectivity index (χ2v) is 6.47. The third kappa shape index (κ3) is 3.34. The highest BCUT2D eigenvalue weighted by atomic mass is 16.6. The van der Waals surface area contributed by atoms with Crippen LogP contribution in [0.2, 0.25) is 0 Å². The number of likely N-dealkylation sites (N-methyl/N-ethyl adjacent to an activating group) is 1. The molecule has 0 spiro atoms. The average molecular weight is 295 g/mol. The molecule has 1 heterocycles. The molecule has 1 saturated carbocycles. The Balaban J connectivity index is 2.14. The third-order valence-electron chi connectivity index (χ3n) is 4.61. The Morgan fingerprint density at radius 3 is 2.90 bits per heavy atom. The Hall–Kier alpha value is -1.63. The van der Waals surface area contributed by atoms with Gasteiger partial charge in [-0.3, -0.25) is 14.8 Å². The van der Waals surface area contributed by atoms with Gasteiger partial charge in [0.25, 0.3) is 0 Å². The van der Waals surface area contributed by atoms with Gasteiger partial charge in [-0.2, -0.15) is 0 Å². The Kier molecular flexibility index (Phi) is 4.51. The minimum absolute atomic E-state index is 0.0373. The fourth-order valence-electron chi connectivity index (χ4n) is 3.34. The molecule has 1 aliphatic rings. The molecule has 7 nitrogen and oxygen atoms in total. The van der Waals surface area contributed by atoms with Crippen molar-refractivity contribution < 1.29 is 4.92 Å². The fraction of sp³-hybridized carbons (Fsp3) is 0.786. The molecule has 2 rings (SSSR count). The van der Waals surface area contributed by atoms with Gasteiger partial charge in [0.1, 0.15) is 6.20 Å². The molecule has 0 bridgehead atoms. The summed E-state index contributed by atoms with van der Waals surface area (Å²) in [5.74, 6) is 1.05. The van der Waals surface area contributed by atoms with E-state index in [0.29, 0.717) is 18.3 Å². The van der Waals surface area contributed by atoms with Crippen molar-refractivity contribution in [2.45, 2.75) is 38.1 Å². The van der Waals surface area contributed by atoms with Crippen LogP contribution in [0.3, 0.4) is 0 Å². The van der Waals surface area contributed by atoms with Gasteiger partial charge in [0.2, 0.25) is 5.82 Å². The second-order valence-electron chi connectivity index (χ2n) is 6.47. The molecule has 118 valence electrons. The van der Waals surface area contributed by atoms with E-state index >= 15 is 0 Å². The number of nitrogens with one attached hydrogen (secondary N) is 1. The van der Waals surface area contributed by atoms with Crippen LogP contribution in [0.15, 0.2) is 6.20 Å². The first-order valence-electron chi connectivity index (χ1n) is 7.43. The largest absolute Gasteiger partial charge is 0.361 e. The summed E-state index contributed by atoms with van der Waals surface area (Å²) in [6.07, 6.45) is 6.12. The van der Waals surface area contributed by atoms with E-state index in [9.17, 15) is 10.1 Å². The Bertz CT molecular complexity index is 513. The molecule has 1 aromatic rings. The summed E-state index contributed by atoms with van der Waals surface area (Å²) in [5.41, 5.74) is 0.0820. The molecule has 1 aromatic heterocycles. The van der Waals surface area contributed by atoms with Crippen LogP contribution in [-0.2, 0) is 7.05 Å². The van der Waals surface area contributed by atoms with Crippen molar-refractivity contribution in [3.05, 3.63) is 16.3 Å². The van der Waals surface area contributed by atoms with Gasteiger partial charge in [-0.25, -0.2) is 0 Å². The van der Waals surface area contributed by atoms with Crippen LogP contribution < -0.4 is 5.32 Å². The smallest absolute Gasteiger partial charge is 0.330 e. The quantitative estimate of drug-likeness (QED) is 0.666. The van der Waals surface area contributed by atoms with Crippen LogP contribution >= 0.6 is 0 Å². The molecule has 0 saturated heterocycles. The molecule has 2 atom stereocenters. The predicted molar refractivity (Wildman–Crippen MR) is 82.4 cm³/mol. The van der Waals surface area contributed by atoms with E-state index in [4.69, 9.17) is 0 Å². The normalized spacial score (nSPS) is 26.0. The Morgan fingerprint density at radius 1 is 1.62 bits per heavy atom. The highest BCUT2D eigenvalue weighted by Crippen LogP contribution is 2.36. The summed E-state index contributed by atoms with van der Waals surface area (Å²) in [5, 5.41) is 18.4. The lowest BCUT2D eigenvalue weighted by Gasteiger charge is -2.45. The first kappa shape index (κ1) is 15.8. The van der Waals surface area contributed by atoms with Crippen molar-refractivity contribution in [3.63, 3.8) is 0 Å². The molecule has 0 aliphatic heterocycles. The first-order chi connectivity index (χ1) is 9.84. The number of rotatable bonds is 5. The zero-order chi connectivity index (χ0) is 15.6. The molecule has 1 N–H and O–H groups in total. The zero-order valence-corrected chi connectivity index (χ0v) is 13.3. The monoisotopic (exact) mass is 295 g/mol. The van der Waals surface area contributed by atoms with Gasteiger partial charge in [-0.05, 0) is 32.9 Å². The molecule has 0 amide bonds. The van der Waals surface area contributed by atoms with Gasteiger partial charge >= 0.3 is 5.69 Å². The van der Waals surface area contributed by atoms with E-state index in [1.54, 1.807) is 7.05 Å². The third-order valence-corrected chi connectivity index (χ3v) is 4.61. The summed E-state index contributed by atoms with van der Waals surface area (Å²) >= 11 is 0. The van der Waals surface area contributed by atoms with Crippen molar-refractivity contribution >= 4 is 11.5 Å². The number of nitrogens with zero attached hydrogens (tertiary/aromatic N) is 4. The van der Waals surface area contributed by atoms with Crippen LogP contribution in [-0.4, -0.2) is 45.8 Å². The minimum atomic E-state index is -0.388. The number of aryl methyl sites for hydroxylation is 1. The average Bonchev–Trinajstić information content (AvgIpc) is 2.78. The van der Waals surface area contributed by atoms with Crippen LogP contribution in [0.4, 0.5) is 11.5 Å².